The monoisotopic (exact) mass is 225 g/mol. The van der Waals surface area contributed by atoms with Crippen molar-refractivity contribution in [1.82, 2.24) is 10.2 Å². The van der Waals surface area contributed by atoms with Crippen molar-refractivity contribution >= 4 is 17.4 Å². The zero-order chi connectivity index (χ0) is 11.0. The summed E-state index contributed by atoms with van der Waals surface area (Å²) in [7, 11) is 1.49. The summed E-state index contributed by atoms with van der Waals surface area (Å²) < 4.78 is 24.1. The Hall–Kier alpha value is -0.700. The average molecular weight is 225 g/mol. The maximum atomic E-state index is 11.1. The molecule has 0 aromatic rings. The Kier molecular flexibility index (Phi) is 7.30. The number of carbonyl (C=O) groups is 1. The minimum absolute atomic E-state index is 0.0842. The normalized spacial score (nSPS) is 12.2. The maximum Gasteiger partial charge on any atom is 0.317 e. The molecule has 0 bridgehead atoms. The Balaban J connectivity index is 3.56. The molecule has 2 amide bonds. The highest BCUT2D eigenvalue weighted by molar-refractivity contribution is 7.74. The molecule has 0 aliphatic carbocycles. The van der Waals surface area contributed by atoms with Crippen LogP contribution in [0, 0.1) is 0 Å². The third-order valence-corrected chi connectivity index (χ3v) is 1.70. The SMILES string of the molecule is CN(CCOS(=O)[O-])C(=O)NCCO. The van der Waals surface area contributed by atoms with Gasteiger partial charge in [-0.15, -0.1) is 0 Å². The fourth-order valence-corrected chi connectivity index (χ4v) is 0.852. The fraction of sp³-hybridized carbons (Fsp3) is 0.833. The molecule has 84 valence electrons. The minimum atomic E-state index is -2.55. The number of likely N-dealkylation sites (N-methyl/N-ethyl adjacent to an activating group) is 1. The summed E-state index contributed by atoms with van der Waals surface area (Å²) >= 11 is -2.55. The van der Waals surface area contributed by atoms with Gasteiger partial charge in [-0.25, -0.2) is 9.00 Å². The Morgan fingerprint density at radius 3 is 2.86 bits per heavy atom. The summed E-state index contributed by atoms with van der Waals surface area (Å²) in [6.07, 6.45) is 0. The zero-order valence-electron chi connectivity index (χ0n) is 7.76. The van der Waals surface area contributed by atoms with Gasteiger partial charge < -0.3 is 19.9 Å². The van der Waals surface area contributed by atoms with Gasteiger partial charge in [0.15, 0.2) is 0 Å². The maximum absolute atomic E-state index is 11.1. The van der Waals surface area contributed by atoms with Crippen molar-refractivity contribution in [2.45, 2.75) is 0 Å². The van der Waals surface area contributed by atoms with Crippen LogP contribution in [-0.4, -0.2) is 58.2 Å². The number of carbonyl (C=O) groups excluding carboxylic acids is 1. The van der Waals surface area contributed by atoms with Crippen LogP contribution >= 0.6 is 0 Å². The molecule has 1 unspecified atom stereocenters. The molecule has 1 atom stereocenters. The highest BCUT2D eigenvalue weighted by atomic mass is 32.2. The summed E-state index contributed by atoms with van der Waals surface area (Å²) in [4.78, 5) is 12.3. The molecule has 0 aliphatic rings. The third kappa shape index (κ3) is 6.78. The molecule has 7 nitrogen and oxygen atoms in total. The molecule has 2 N–H and O–H groups in total. The lowest BCUT2D eigenvalue weighted by molar-refractivity contribution is 0.191. The van der Waals surface area contributed by atoms with Crippen molar-refractivity contribution in [3.05, 3.63) is 0 Å². The lowest BCUT2D eigenvalue weighted by atomic mass is 10.6. The highest BCUT2D eigenvalue weighted by Gasteiger charge is 2.06. The van der Waals surface area contributed by atoms with Gasteiger partial charge in [-0.05, 0) is 0 Å². The van der Waals surface area contributed by atoms with E-state index in [4.69, 9.17) is 5.11 Å². The number of hydrogen-bond donors (Lipinski definition) is 2. The van der Waals surface area contributed by atoms with Gasteiger partial charge in [0.2, 0.25) is 0 Å². The number of aliphatic hydroxyl groups is 1. The number of hydrogen-bond acceptors (Lipinski definition) is 5. The van der Waals surface area contributed by atoms with Crippen LogP contribution in [0.15, 0.2) is 0 Å². The standard InChI is InChI=1S/C6H14N2O5S/c1-8(3-5-13-14(11)12)6(10)7-2-4-9/h9H,2-5H2,1H3,(H,7,10)(H,11,12)/p-1. The van der Waals surface area contributed by atoms with Crippen molar-refractivity contribution in [2.75, 3.05) is 33.4 Å². The minimum Gasteiger partial charge on any atom is -0.750 e. The zero-order valence-corrected chi connectivity index (χ0v) is 8.58. The van der Waals surface area contributed by atoms with Crippen molar-refractivity contribution in [3.63, 3.8) is 0 Å². The summed E-state index contributed by atoms with van der Waals surface area (Å²) in [6.45, 7) is 0.0998. The van der Waals surface area contributed by atoms with E-state index in [1.807, 2.05) is 0 Å². The molecule has 0 spiro atoms. The molecule has 0 fully saturated rings. The average Bonchev–Trinajstić information content (AvgIpc) is 2.13. The summed E-state index contributed by atoms with van der Waals surface area (Å²) in [5, 5.41) is 10.8. The van der Waals surface area contributed by atoms with Crippen LogP contribution in [0.1, 0.15) is 0 Å². The Bertz CT molecular complexity index is 201. The van der Waals surface area contributed by atoms with Crippen LogP contribution in [0.2, 0.25) is 0 Å². The lowest BCUT2D eigenvalue weighted by Crippen LogP contribution is -2.40. The summed E-state index contributed by atoms with van der Waals surface area (Å²) in [5.41, 5.74) is 0. The van der Waals surface area contributed by atoms with Gasteiger partial charge in [-0.1, -0.05) is 0 Å². The van der Waals surface area contributed by atoms with E-state index in [1.165, 1.54) is 11.9 Å². The van der Waals surface area contributed by atoms with Crippen LogP contribution in [0.3, 0.4) is 0 Å². The van der Waals surface area contributed by atoms with Crippen molar-refractivity contribution < 1.29 is 22.8 Å². The van der Waals surface area contributed by atoms with E-state index in [1.54, 1.807) is 0 Å². The largest absolute Gasteiger partial charge is 0.750 e. The van der Waals surface area contributed by atoms with Crippen LogP contribution < -0.4 is 5.32 Å². The third-order valence-electron chi connectivity index (χ3n) is 1.34. The summed E-state index contributed by atoms with van der Waals surface area (Å²) in [5.74, 6) is 0. The van der Waals surface area contributed by atoms with Gasteiger partial charge >= 0.3 is 6.03 Å². The Morgan fingerprint density at radius 1 is 1.71 bits per heavy atom. The van der Waals surface area contributed by atoms with Crippen LogP contribution in [0.4, 0.5) is 4.79 Å². The molecule has 0 radical (unpaired) electrons. The van der Waals surface area contributed by atoms with Gasteiger partial charge in [-0.3, -0.25) is 4.18 Å². The number of amides is 2. The molecule has 0 rings (SSSR count). The second-order valence-corrected chi connectivity index (χ2v) is 3.05. The van der Waals surface area contributed by atoms with E-state index in [0.29, 0.717) is 0 Å². The van der Waals surface area contributed by atoms with Gasteiger partial charge in [-0.2, -0.15) is 0 Å². The Morgan fingerprint density at radius 2 is 2.36 bits per heavy atom. The number of rotatable bonds is 6. The molecular formula is C6H13N2O5S-. The van der Waals surface area contributed by atoms with Gasteiger partial charge in [0.25, 0.3) is 0 Å². The van der Waals surface area contributed by atoms with Crippen LogP contribution in [0.5, 0.6) is 0 Å². The molecular weight excluding hydrogens is 212 g/mol. The van der Waals surface area contributed by atoms with Crippen LogP contribution in [0.25, 0.3) is 0 Å². The first-order valence-corrected chi connectivity index (χ1v) is 4.90. The smallest absolute Gasteiger partial charge is 0.317 e. The predicted octanol–water partition coefficient (Wildman–Crippen LogP) is -1.57. The first kappa shape index (κ1) is 13.3. The molecule has 8 heteroatoms. The number of nitrogens with one attached hydrogen (secondary N) is 1. The van der Waals surface area contributed by atoms with E-state index >= 15 is 0 Å². The van der Waals surface area contributed by atoms with Gasteiger partial charge in [0.05, 0.1) is 24.6 Å². The van der Waals surface area contributed by atoms with Crippen molar-refractivity contribution in [3.8, 4) is 0 Å². The molecule has 0 saturated heterocycles. The Labute approximate surface area is 84.5 Å². The predicted molar refractivity (Wildman–Crippen MR) is 48.0 cm³/mol. The van der Waals surface area contributed by atoms with Crippen LogP contribution in [-0.2, 0) is 15.5 Å². The second-order valence-electron chi connectivity index (χ2n) is 2.40. The highest BCUT2D eigenvalue weighted by Crippen LogP contribution is 1.86. The molecule has 0 saturated carbocycles. The first-order chi connectivity index (χ1) is 6.57. The van der Waals surface area contributed by atoms with E-state index < -0.39 is 11.4 Å². The summed E-state index contributed by atoms with van der Waals surface area (Å²) in [6, 6.07) is -0.390. The topological polar surface area (TPSA) is 102 Å². The van der Waals surface area contributed by atoms with Crippen molar-refractivity contribution in [1.29, 1.82) is 0 Å². The molecule has 0 aliphatic heterocycles. The fourth-order valence-electron chi connectivity index (χ4n) is 0.642. The van der Waals surface area contributed by atoms with E-state index in [-0.39, 0.29) is 32.3 Å². The molecule has 0 aromatic heterocycles. The van der Waals surface area contributed by atoms with E-state index in [2.05, 4.69) is 9.50 Å². The number of aliphatic hydroxyl groups excluding tert-OH is 1. The van der Waals surface area contributed by atoms with Gasteiger partial charge in [0, 0.05) is 20.1 Å². The van der Waals surface area contributed by atoms with E-state index in [0.717, 1.165) is 0 Å². The number of nitrogens with zero attached hydrogens (tertiary/aromatic N) is 1. The molecule has 0 aromatic carbocycles. The molecule has 0 heterocycles. The second kappa shape index (κ2) is 7.68. The lowest BCUT2D eigenvalue weighted by Gasteiger charge is -2.17. The number of urea groups is 1. The quantitative estimate of drug-likeness (QED) is 0.532. The van der Waals surface area contributed by atoms with Gasteiger partial charge in [0.1, 0.15) is 0 Å². The first-order valence-electron chi connectivity index (χ1n) is 3.90. The molecule has 14 heavy (non-hydrogen) atoms. The van der Waals surface area contributed by atoms with E-state index in [9.17, 15) is 13.6 Å². The van der Waals surface area contributed by atoms with Crippen molar-refractivity contribution in [2.24, 2.45) is 0 Å².